The van der Waals surface area contributed by atoms with Gasteiger partial charge in [-0.15, -0.1) is 0 Å². The van der Waals surface area contributed by atoms with Gasteiger partial charge in [-0.1, -0.05) is 6.92 Å². The molecular formula is C15H21N3O2. The fraction of sp³-hybridized carbons (Fsp3) is 0.467. The van der Waals surface area contributed by atoms with Gasteiger partial charge in [-0.2, -0.15) is 0 Å². The van der Waals surface area contributed by atoms with Crippen LogP contribution < -0.4 is 15.5 Å². The summed E-state index contributed by atoms with van der Waals surface area (Å²) in [5.74, 6) is 0.119. The lowest BCUT2D eigenvalue weighted by Gasteiger charge is -2.16. The zero-order valence-corrected chi connectivity index (χ0v) is 11.8. The van der Waals surface area contributed by atoms with Crippen molar-refractivity contribution in [1.29, 1.82) is 0 Å². The number of amides is 2. The van der Waals surface area contributed by atoms with E-state index in [4.69, 9.17) is 0 Å². The van der Waals surface area contributed by atoms with Crippen molar-refractivity contribution in [2.24, 2.45) is 0 Å². The summed E-state index contributed by atoms with van der Waals surface area (Å²) < 4.78 is 0. The van der Waals surface area contributed by atoms with Gasteiger partial charge in [-0.25, -0.2) is 0 Å². The number of carbonyl (C=O) groups is 2. The quantitative estimate of drug-likeness (QED) is 0.778. The van der Waals surface area contributed by atoms with E-state index >= 15 is 0 Å². The van der Waals surface area contributed by atoms with E-state index in [1.165, 1.54) is 0 Å². The maximum Gasteiger partial charge on any atom is 0.238 e. The molecule has 2 rings (SSSR count). The summed E-state index contributed by atoms with van der Waals surface area (Å²) >= 11 is 0. The Balaban J connectivity index is 1.88. The average Bonchev–Trinajstić information content (AvgIpc) is 2.86. The first-order valence-electron chi connectivity index (χ1n) is 7.11. The lowest BCUT2D eigenvalue weighted by atomic mass is 10.2. The van der Waals surface area contributed by atoms with Crippen molar-refractivity contribution < 1.29 is 9.59 Å². The highest BCUT2D eigenvalue weighted by molar-refractivity contribution is 5.96. The monoisotopic (exact) mass is 275 g/mol. The van der Waals surface area contributed by atoms with Gasteiger partial charge in [-0.05, 0) is 43.7 Å². The molecule has 0 aromatic heterocycles. The van der Waals surface area contributed by atoms with E-state index in [-0.39, 0.29) is 11.8 Å². The molecule has 2 N–H and O–H groups in total. The minimum atomic E-state index is -0.0524. The SMILES string of the molecule is CCCNCC(=O)Nc1ccc(N2CCCC2=O)cc1. The van der Waals surface area contributed by atoms with Gasteiger partial charge in [0.05, 0.1) is 6.54 Å². The number of nitrogens with one attached hydrogen (secondary N) is 2. The second-order valence-corrected chi connectivity index (χ2v) is 4.92. The van der Waals surface area contributed by atoms with Crippen molar-refractivity contribution in [3.05, 3.63) is 24.3 Å². The third-order valence-corrected chi connectivity index (χ3v) is 3.25. The molecule has 0 atom stereocenters. The van der Waals surface area contributed by atoms with Crippen molar-refractivity contribution in [1.82, 2.24) is 5.32 Å². The normalized spacial score (nSPS) is 14.7. The third kappa shape index (κ3) is 3.81. The van der Waals surface area contributed by atoms with Gasteiger partial charge in [0.1, 0.15) is 0 Å². The van der Waals surface area contributed by atoms with Gasteiger partial charge in [0.15, 0.2) is 0 Å². The number of carbonyl (C=O) groups excluding carboxylic acids is 2. The fourth-order valence-electron chi connectivity index (χ4n) is 2.23. The molecular weight excluding hydrogens is 254 g/mol. The smallest absolute Gasteiger partial charge is 0.238 e. The van der Waals surface area contributed by atoms with Crippen LogP contribution in [0.1, 0.15) is 26.2 Å². The first-order chi connectivity index (χ1) is 9.70. The molecule has 1 aromatic carbocycles. The minimum absolute atomic E-state index is 0.0524. The molecule has 2 amide bonds. The van der Waals surface area contributed by atoms with E-state index < -0.39 is 0 Å². The molecule has 0 unspecified atom stereocenters. The van der Waals surface area contributed by atoms with Crippen LogP contribution in [0.4, 0.5) is 11.4 Å². The summed E-state index contributed by atoms with van der Waals surface area (Å²) in [5.41, 5.74) is 1.65. The Morgan fingerprint density at radius 2 is 2.05 bits per heavy atom. The Labute approximate surface area is 119 Å². The zero-order chi connectivity index (χ0) is 14.4. The van der Waals surface area contributed by atoms with Gasteiger partial charge in [0, 0.05) is 24.3 Å². The molecule has 0 bridgehead atoms. The van der Waals surface area contributed by atoms with Crippen LogP contribution in [0.2, 0.25) is 0 Å². The van der Waals surface area contributed by atoms with E-state index in [1.54, 1.807) is 4.90 Å². The summed E-state index contributed by atoms with van der Waals surface area (Å²) in [6, 6.07) is 7.41. The van der Waals surface area contributed by atoms with Crippen LogP contribution in [0.3, 0.4) is 0 Å². The van der Waals surface area contributed by atoms with Crippen LogP contribution in [-0.4, -0.2) is 31.4 Å². The standard InChI is InChI=1S/C15H21N3O2/c1-2-9-16-11-14(19)17-12-5-7-13(8-6-12)18-10-3-4-15(18)20/h5-8,16H,2-4,9-11H2,1H3,(H,17,19). The molecule has 0 radical (unpaired) electrons. The Bertz CT molecular complexity index is 471. The van der Waals surface area contributed by atoms with E-state index in [2.05, 4.69) is 17.6 Å². The molecule has 1 saturated heterocycles. The predicted octanol–water partition coefficient (Wildman–Crippen LogP) is 1.75. The van der Waals surface area contributed by atoms with E-state index in [0.717, 1.165) is 37.3 Å². The molecule has 1 aliphatic rings. The summed E-state index contributed by atoms with van der Waals surface area (Å²) in [4.78, 5) is 25.1. The zero-order valence-electron chi connectivity index (χ0n) is 11.8. The fourth-order valence-corrected chi connectivity index (χ4v) is 2.23. The lowest BCUT2D eigenvalue weighted by Crippen LogP contribution is -2.28. The lowest BCUT2D eigenvalue weighted by molar-refractivity contribution is -0.117. The van der Waals surface area contributed by atoms with Gasteiger partial charge in [-0.3, -0.25) is 9.59 Å². The van der Waals surface area contributed by atoms with Gasteiger partial charge in [0.25, 0.3) is 0 Å². The molecule has 20 heavy (non-hydrogen) atoms. The highest BCUT2D eigenvalue weighted by Gasteiger charge is 2.21. The van der Waals surface area contributed by atoms with Gasteiger partial charge in [0.2, 0.25) is 11.8 Å². The molecule has 1 heterocycles. The molecule has 5 heteroatoms. The van der Waals surface area contributed by atoms with E-state index in [1.807, 2.05) is 24.3 Å². The number of hydrogen-bond acceptors (Lipinski definition) is 3. The summed E-state index contributed by atoms with van der Waals surface area (Å²) in [7, 11) is 0. The van der Waals surface area contributed by atoms with E-state index in [0.29, 0.717) is 13.0 Å². The van der Waals surface area contributed by atoms with Crippen LogP contribution in [-0.2, 0) is 9.59 Å². The van der Waals surface area contributed by atoms with Crippen LogP contribution >= 0.6 is 0 Å². The second-order valence-electron chi connectivity index (χ2n) is 4.92. The maximum atomic E-state index is 11.6. The van der Waals surface area contributed by atoms with Crippen LogP contribution in [0.25, 0.3) is 0 Å². The first-order valence-corrected chi connectivity index (χ1v) is 7.11. The molecule has 5 nitrogen and oxygen atoms in total. The van der Waals surface area contributed by atoms with Crippen molar-refractivity contribution in [2.75, 3.05) is 29.9 Å². The summed E-state index contributed by atoms with van der Waals surface area (Å²) in [6.07, 6.45) is 2.55. The van der Waals surface area contributed by atoms with Crippen molar-refractivity contribution >= 4 is 23.2 Å². The van der Waals surface area contributed by atoms with Crippen molar-refractivity contribution in [3.8, 4) is 0 Å². The summed E-state index contributed by atoms with van der Waals surface area (Å²) in [5, 5.41) is 5.88. The topological polar surface area (TPSA) is 61.4 Å². The van der Waals surface area contributed by atoms with E-state index in [9.17, 15) is 9.59 Å². The Morgan fingerprint density at radius 3 is 2.65 bits per heavy atom. The van der Waals surface area contributed by atoms with Crippen LogP contribution in [0, 0.1) is 0 Å². The Morgan fingerprint density at radius 1 is 1.30 bits per heavy atom. The Kier molecular flexibility index (Phi) is 5.12. The summed E-state index contributed by atoms with van der Waals surface area (Å²) in [6.45, 7) is 4.00. The number of rotatable bonds is 6. The Hall–Kier alpha value is -1.88. The molecule has 1 fully saturated rings. The number of hydrogen-bond donors (Lipinski definition) is 2. The minimum Gasteiger partial charge on any atom is -0.325 e. The van der Waals surface area contributed by atoms with Crippen LogP contribution in [0.15, 0.2) is 24.3 Å². The predicted molar refractivity (Wildman–Crippen MR) is 79.8 cm³/mol. The average molecular weight is 275 g/mol. The number of anilines is 2. The molecule has 108 valence electrons. The number of benzene rings is 1. The van der Waals surface area contributed by atoms with Gasteiger partial charge >= 0.3 is 0 Å². The van der Waals surface area contributed by atoms with Crippen LogP contribution in [0.5, 0.6) is 0 Å². The molecule has 1 aromatic rings. The third-order valence-electron chi connectivity index (χ3n) is 3.25. The highest BCUT2D eigenvalue weighted by atomic mass is 16.2. The molecule has 0 spiro atoms. The maximum absolute atomic E-state index is 11.6. The molecule has 0 aliphatic carbocycles. The van der Waals surface area contributed by atoms with Crippen molar-refractivity contribution in [3.63, 3.8) is 0 Å². The molecule has 1 aliphatic heterocycles. The van der Waals surface area contributed by atoms with Gasteiger partial charge < -0.3 is 15.5 Å². The number of nitrogens with zero attached hydrogens (tertiary/aromatic N) is 1. The largest absolute Gasteiger partial charge is 0.325 e. The highest BCUT2D eigenvalue weighted by Crippen LogP contribution is 2.22. The van der Waals surface area contributed by atoms with Crippen molar-refractivity contribution in [2.45, 2.75) is 26.2 Å². The second kappa shape index (κ2) is 7.05. The molecule has 0 saturated carbocycles. The first kappa shape index (κ1) is 14.5.